The first-order valence-corrected chi connectivity index (χ1v) is 7.30. The Kier molecular flexibility index (Phi) is 2.66. The third-order valence-electron chi connectivity index (χ3n) is 3.30. The molecule has 0 atom stereocenters. The Bertz CT molecular complexity index is 779. The van der Waals surface area contributed by atoms with Gasteiger partial charge in [0.15, 0.2) is 0 Å². The van der Waals surface area contributed by atoms with Gasteiger partial charge in [-0.15, -0.1) is 5.10 Å². The Labute approximate surface area is 119 Å². The standard InChI is InChI=1S/C13H12N6S/c1-8-2-5-11-10(6-8)12(15-7-14-11)20-13-16-17-18-19(13)9-3-4-9/h2,5-7,9H,3-4H2,1H3. The molecular formula is C13H12N6S. The second-order valence-electron chi connectivity index (χ2n) is 4.94. The molecule has 0 radical (unpaired) electrons. The molecule has 1 aliphatic rings. The maximum Gasteiger partial charge on any atom is 0.215 e. The zero-order chi connectivity index (χ0) is 13.5. The first-order valence-electron chi connectivity index (χ1n) is 6.48. The van der Waals surface area contributed by atoms with Crippen molar-refractivity contribution in [3.63, 3.8) is 0 Å². The van der Waals surface area contributed by atoms with Crippen LogP contribution in [-0.2, 0) is 0 Å². The molecule has 2 aromatic heterocycles. The van der Waals surface area contributed by atoms with Crippen molar-refractivity contribution < 1.29 is 0 Å². The number of fused-ring (bicyclic) bond motifs is 1. The van der Waals surface area contributed by atoms with Crippen LogP contribution in [-0.4, -0.2) is 30.2 Å². The van der Waals surface area contributed by atoms with Gasteiger partial charge in [-0.2, -0.15) is 0 Å². The summed E-state index contributed by atoms with van der Waals surface area (Å²) in [6, 6.07) is 6.63. The maximum atomic E-state index is 4.39. The van der Waals surface area contributed by atoms with Crippen LogP contribution in [0.4, 0.5) is 0 Å². The van der Waals surface area contributed by atoms with Gasteiger partial charge in [0, 0.05) is 5.39 Å². The molecule has 3 aromatic rings. The van der Waals surface area contributed by atoms with Gasteiger partial charge in [0.05, 0.1) is 11.6 Å². The summed E-state index contributed by atoms with van der Waals surface area (Å²) in [5.41, 5.74) is 2.13. The Morgan fingerprint density at radius 1 is 1.25 bits per heavy atom. The molecule has 1 fully saturated rings. The highest BCUT2D eigenvalue weighted by Gasteiger charge is 2.28. The minimum absolute atomic E-state index is 0.460. The molecule has 0 N–H and O–H groups in total. The molecule has 1 saturated carbocycles. The number of aryl methyl sites for hydroxylation is 1. The highest BCUT2D eigenvalue weighted by molar-refractivity contribution is 7.99. The smallest absolute Gasteiger partial charge is 0.215 e. The monoisotopic (exact) mass is 284 g/mol. The van der Waals surface area contributed by atoms with Crippen LogP contribution in [0.5, 0.6) is 0 Å². The molecule has 4 rings (SSSR count). The number of rotatable bonds is 3. The molecule has 0 aliphatic heterocycles. The minimum Gasteiger partial charge on any atom is -0.236 e. The van der Waals surface area contributed by atoms with Crippen LogP contribution in [0.2, 0.25) is 0 Å². The molecule has 20 heavy (non-hydrogen) atoms. The molecule has 0 saturated heterocycles. The van der Waals surface area contributed by atoms with E-state index in [-0.39, 0.29) is 0 Å². The van der Waals surface area contributed by atoms with Gasteiger partial charge in [0.2, 0.25) is 5.16 Å². The number of aromatic nitrogens is 6. The average molecular weight is 284 g/mol. The van der Waals surface area contributed by atoms with Gasteiger partial charge in [-0.05, 0) is 54.1 Å². The Morgan fingerprint density at radius 3 is 3.00 bits per heavy atom. The zero-order valence-corrected chi connectivity index (χ0v) is 11.7. The maximum absolute atomic E-state index is 4.39. The zero-order valence-electron chi connectivity index (χ0n) is 10.9. The molecule has 1 aromatic carbocycles. The largest absolute Gasteiger partial charge is 0.236 e. The average Bonchev–Trinajstić information content (AvgIpc) is 3.20. The van der Waals surface area contributed by atoms with E-state index in [2.05, 4.69) is 44.5 Å². The van der Waals surface area contributed by atoms with Crippen molar-refractivity contribution in [2.45, 2.75) is 36.0 Å². The summed E-state index contributed by atoms with van der Waals surface area (Å²) in [6.07, 6.45) is 3.90. The summed E-state index contributed by atoms with van der Waals surface area (Å²) < 4.78 is 1.90. The van der Waals surface area contributed by atoms with Crippen molar-refractivity contribution in [1.29, 1.82) is 0 Å². The van der Waals surface area contributed by atoms with Crippen molar-refractivity contribution in [3.05, 3.63) is 30.1 Å². The number of tetrazole rings is 1. The first kappa shape index (κ1) is 11.8. The van der Waals surface area contributed by atoms with E-state index in [1.807, 2.05) is 10.7 Å². The summed E-state index contributed by atoms with van der Waals surface area (Å²) in [5, 5.41) is 14.7. The first-order chi connectivity index (χ1) is 9.81. The normalized spacial score (nSPS) is 14.8. The van der Waals surface area contributed by atoms with Crippen molar-refractivity contribution in [1.82, 2.24) is 30.2 Å². The van der Waals surface area contributed by atoms with Gasteiger partial charge >= 0.3 is 0 Å². The summed E-state index contributed by atoms with van der Waals surface area (Å²) in [5.74, 6) is 0. The highest BCUT2D eigenvalue weighted by Crippen LogP contribution is 2.38. The topological polar surface area (TPSA) is 69.4 Å². The number of hydrogen-bond donors (Lipinski definition) is 0. The third-order valence-corrected chi connectivity index (χ3v) is 4.27. The van der Waals surface area contributed by atoms with Crippen molar-refractivity contribution in [2.24, 2.45) is 0 Å². The second-order valence-corrected chi connectivity index (χ2v) is 5.89. The summed E-state index contributed by atoms with van der Waals surface area (Å²) in [7, 11) is 0. The lowest BCUT2D eigenvalue weighted by atomic mass is 10.2. The lowest BCUT2D eigenvalue weighted by Crippen LogP contribution is -1.99. The van der Waals surface area contributed by atoms with Gasteiger partial charge < -0.3 is 0 Å². The van der Waals surface area contributed by atoms with E-state index in [1.165, 1.54) is 17.3 Å². The van der Waals surface area contributed by atoms with Crippen LogP contribution in [0, 0.1) is 6.92 Å². The Balaban J connectivity index is 1.78. The molecule has 7 heteroatoms. The van der Waals surface area contributed by atoms with E-state index >= 15 is 0 Å². The van der Waals surface area contributed by atoms with Crippen LogP contribution < -0.4 is 0 Å². The van der Waals surface area contributed by atoms with E-state index < -0.39 is 0 Å². The molecule has 0 bridgehead atoms. The van der Waals surface area contributed by atoms with E-state index in [4.69, 9.17) is 0 Å². The lowest BCUT2D eigenvalue weighted by molar-refractivity contribution is 0.565. The number of nitrogens with zero attached hydrogens (tertiary/aromatic N) is 6. The van der Waals surface area contributed by atoms with Crippen molar-refractivity contribution in [2.75, 3.05) is 0 Å². The SMILES string of the molecule is Cc1ccc2ncnc(Sc3nnnn3C3CC3)c2c1. The van der Waals surface area contributed by atoms with Gasteiger partial charge in [-0.25, -0.2) is 14.6 Å². The molecule has 6 nitrogen and oxygen atoms in total. The fourth-order valence-electron chi connectivity index (χ4n) is 2.12. The molecule has 1 aliphatic carbocycles. The lowest BCUT2D eigenvalue weighted by Gasteiger charge is -2.05. The summed E-state index contributed by atoms with van der Waals surface area (Å²) in [4.78, 5) is 8.69. The van der Waals surface area contributed by atoms with Gasteiger partial charge in [0.25, 0.3) is 0 Å². The molecule has 0 unspecified atom stereocenters. The van der Waals surface area contributed by atoms with Gasteiger partial charge in [0.1, 0.15) is 11.4 Å². The number of hydrogen-bond acceptors (Lipinski definition) is 6. The quantitative estimate of drug-likeness (QED) is 0.688. The van der Waals surface area contributed by atoms with Gasteiger partial charge in [-0.3, -0.25) is 0 Å². The fraction of sp³-hybridized carbons (Fsp3) is 0.308. The summed E-state index contributed by atoms with van der Waals surface area (Å²) >= 11 is 1.50. The molecule has 100 valence electrons. The highest BCUT2D eigenvalue weighted by atomic mass is 32.2. The molecule has 0 spiro atoms. The second kappa shape index (κ2) is 4.52. The fourth-order valence-corrected chi connectivity index (χ4v) is 3.02. The predicted molar refractivity (Wildman–Crippen MR) is 74.5 cm³/mol. The van der Waals surface area contributed by atoms with E-state index in [1.54, 1.807) is 6.33 Å². The molecule has 2 heterocycles. The van der Waals surface area contributed by atoms with Crippen LogP contribution in [0.25, 0.3) is 10.9 Å². The van der Waals surface area contributed by atoms with Crippen molar-refractivity contribution >= 4 is 22.7 Å². The summed E-state index contributed by atoms with van der Waals surface area (Å²) in [6.45, 7) is 2.06. The molecular weight excluding hydrogens is 272 g/mol. The van der Waals surface area contributed by atoms with E-state index in [0.717, 1.165) is 33.9 Å². The van der Waals surface area contributed by atoms with Gasteiger partial charge in [-0.1, -0.05) is 11.6 Å². The molecule has 0 amide bonds. The van der Waals surface area contributed by atoms with Crippen LogP contribution in [0.3, 0.4) is 0 Å². The van der Waals surface area contributed by atoms with Crippen LogP contribution in [0.15, 0.2) is 34.7 Å². The van der Waals surface area contributed by atoms with Crippen LogP contribution >= 0.6 is 11.8 Å². The Morgan fingerprint density at radius 2 is 2.15 bits per heavy atom. The minimum atomic E-state index is 0.460. The van der Waals surface area contributed by atoms with E-state index in [0.29, 0.717) is 6.04 Å². The predicted octanol–water partition coefficient (Wildman–Crippen LogP) is 2.41. The van der Waals surface area contributed by atoms with E-state index in [9.17, 15) is 0 Å². The van der Waals surface area contributed by atoms with Crippen LogP contribution in [0.1, 0.15) is 24.4 Å². The Hall–Kier alpha value is -2.02. The third kappa shape index (κ3) is 2.03. The number of benzene rings is 1. The van der Waals surface area contributed by atoms with Crippen molar-refractivity contribution in [3.8, 4) is 0 Å².